The molecule has 1 aliphatic carbocycles. The highest BCUT2D eigenvalue weighted by Crippen LogP contribution is 2.30. The number of halogens is 2. The highest BCUT2D eigenvalue weighted by atomic mass is 79.9. The monoisotopic (exact) mass is 254 g/mol. The van der Waals surface area contributed by atoms with Crippen LogP contribution in [0, 0.1) is 5.92 Å². The van der Waals surface area contributed by atoms with Crippen LogP contribution in [0.4, 0.5) is 0 Å². The topological polar surface area (TPSA) is 17.1 Å². The van der Waals surface area contributed by atoms with Crippen molar-refractivity contribution in [3.8, 4) is 0 Å². The molecule has 0 aromatic rings. The van der Waals surface area contributed by atoms with E-state index < -0.39 is 0 Å². The molecule has 0 spiro atoms. The lowest BCUT2D eigenvalue weighted by Crippen LogP contribution is -2.25. The maximum Gasteiger partial charge on any atom is 0.160 e. The van der Waals surface area contributed by atoms with Gasteiger partial charge in [-0.1, -0.05) is 38.3 Å². The predicted octanol–water partition coefficient (Wildman–Crippen LogP) is 2.47. The van der Waals surface area contributed by atoms with E-state index in [-0.39, 0.29) is 3.74 Å². The minimum atomic E-state index is -0.115. The van der Waals surface area contributed by atoms with Gasteiger partial charge in [0.05, 0.1) is 0 Å². The summed E-state index contributed by atoms with van der Waals surface area (Å²) in [5.74, 6) is 0.648. The van der Waals surface area contributed by atoms with Gasteiger partial charge in [-0.05, 0) is 12.8 Å². The molecule has 3 heteroatoms. The Morgan fingerprint density at radius 3 is 2.11 bits per heavy atom. The normalized spacial score (nSPS) is 19.9. The number of Topliss-reactive ketones (excluding diaryl/α,β-unsaturated/α-hetero) is 1. The van der Waals surface area contributed by atoms with Crippen molar-refractivity contribution in [1.29, 1.82) is 0 Å². The Morgan fingerprint density at radius 2 is 2.00 bits per heavy atom. The van der Waals surface area contributed by atoms with Gasteiger partial charge in [0, 0.05) is 5.92 Å². The van der Waals surface area contributed by atoms with Crippen molar-refractivity contribution in [2.45, 2.75) is 23.0 Å². The summed E-state index contributed by atoms with van der Waals surface area (Å²) in [6.45, 7) is 0. The van der Waals surface area contributed by atoms with Gasteiger partial charge in [0.1, 0.15) is 3.74 Å². The molecular formula is C6H8Br2O. The molecule has 0 aliphatic heterocycles. The van der Waals surface area contributed by atoms with E-state index in [4.69, 9.17) is 0 Å². The minimum absolute atomic E-state index is 0.115. The van der Waals surface area contributed by atoms with Crippen LogP contribution in [0.3, 0.4) is 0 Å². The standard InChI is InChI=1S/C6H8Br2O/c7-6(8)5(9)4-2-1-3-4/h4,6H,1-3H2. The molecule has 0 N–H and O–H groups in total. The van der Waals surface area contributed by atoms with Crippen LogP contribution in [0.25, 0.3) is 0 Å². The van der Waals surface area contributed by atoms with Gasteiger partial charge in [0.2, 0.25) is 0 Å². The number of alkyl halides is 2. The molecule has 1 saturated carbocycles. The van der Waals surface area contributed by atoms with Crippen LogP contribution in [0.2, 0.25) is 0 Å². The minimum Gasteiger partial charge on any atom is -0.297 e. The summed E-state index contributed by atoms with van der Waals surface area (Å²) in [4.78, 5) is 11.0. The molecule has 0 bridgehead atoms. The summed E-state index contributed by atoms with van der Waals surface area (Å²) < 4.78 is -0.115. The molecule has 52 valence electrons. The zero-order chi connectivity index (χ0) is 6.85. The van der Waals surface area contributed by atoms with Crippen molar-refractivity contribution in [3.05, 3.63) is 0 Å². The molecule has 0 atom stereocenters. The van der Waals surface area contributed by atoms with Crippen molar-refractivity contribution < 1.29 is 4.79 Å². The van der Waals surface area contributed by atoms with Gasteiger partial charge in [-0.25, -0.2) is 0 Å². The molecule has 0 heterocycles. The Labute approximate surface area is 71.5 Å². The van der Waals surface area contributed by atoms with Gasteiger partial charge < -0.3 is 0 Å². The zero-order valence-electron chi connectivity index (χ0n) is 4.94. The average Bonchev–Trinajstić information content (AvgIpc) is 1.60. The Bertz CT molecular complexity index is 118. The second-order valence-corrected chi connectivity index (χ2v) is 5.39. The van der Waals surface area contributed by atoms with Gasteiger partial charge >= 0.3 is 0 Å². The van der Waals surface area contributed by atoms with Crippen molar-refractivity contribution in [2.24, 2.45) is 5.92 Å². The van der Waals surface area contributed by atoms with Crippen molar-refractivity contribution >= 4 is 37.6 Å². The summed E-state index contributed by atoms with van der Waals surface area (Å²) in [5, 5.41) is 0. The van der Waals surface area contributed by atoms with Crippen LogP contribution in [0.1, 0.15) is 19.3 Å². The summed E-state index contributed by atoms with van der Waals surface area (Å²) in [5.41, 5.74) is 0. The van der Waals surface area contributed by atoms with Gasteiger partial charge in [0.25, 0.3) is 0 Å². The number of hydrogen-bond donors (Lipinski definition) is 0. The largest absolute Gasteiger partial charge is 0.297 e. The first-order chi connectivity index (χ1) is 4.22. The van der Waals surface area contributed by atoms with E-state index in [1.54, 1.807) is 0 Å². The van der Waals surface area contributed by atoms with Gasteiger partial charge in [0.15, 0.2) is 5.78 Å². The Balaban J connectivity index is 2.32. The summed E-state index contributed by atoms with van der Waals surface area (Å²) in [6, 6.07) is 0. The maximum absolute atomic E-state index is 11.0. The second-order valence-electron chi connectivity index (χ2n) is 2.33. The fourth-order valence-corrected chi connectivity index (χ4v) is 1.62. The highest BCUT2D eigenvalue weighted by Gasteiger charge is 2.28. The van der Waals surface area contributed by atoms with Crippen LogP contribution in [-0.4, -0.2) is 9.52 Å². The SMILES string of the molecule is O=C(C(Br)Br)C1CCC1. The van der Waals surface area contributed by atoms with Crippen LogP contribution in [-0.2, 0) is 4.79 Å². The number of carbonyl (C=O) groups excluding carboxylic acids is 1. The first kappa shape index (κ1) is 7.73. The van der Waals surface area contributed by atoms with Gasteiger partial charge in [-0.2, -0.15) is 0 Å². The first-order valence-corrected chi connectivity index (χ1v) is 4.87. The van der Waals surface area contributed by atoms with E-state index in [1.165, 1.54) is 6.42 Å². The number of carbonyl (C=O) groups is 1. The van der Waals surface area contributed by atoms with E-state index in [9.17, 15) is 4.79 Å². The molecule has 1 nitrogen and oxygen atoms in total. The molecule has 0 unspecified atom stereocenters. The van der Waals surface area contributed by atoms with Crippen molar-refractivity contribution in [3.63, 3.8) is 0 Å². The lowest BCUT2D eigenvalue weighted by Gasteiger charge is -2.24. The molecule has 1 fully saturated rings. The maximum atomic E-state index is 11.0. The zero-order valence-corrected chi connectivity index (χ0v) is 8.11. The molecule has 0 aromatic heterocycles. The molecule has 1 rings (SSSR count). The Hall–Kier alpha value is 0.630. The van der Waals surface area contributed by atoms with Crippen LogP contribution >= 0.6 is 31.9 Å². The van der Waals surface area contributed by atoms with Crippen LogP contribution in [0.5, 0.6) is 0 Å². The number of hydrogen-bond acceptors (Lipinski definition) is 1. The van der Waals surface area contributed by atoms with Gasteiger partial charge in [-0.3, -0.25) is 4.79 Å². The average molecular weight is 256 g/mol. The smallest absolute Gasteiger partial charge is 0.160 e. The molecule has 0 amide bonds. The quantitative estimate of drug-likeness (QED) is 0.693. The number of ketones is 1. The van der Waals surface area contributed by atoms with E-state index >= 15 is 0 Å². The van der Waals surface area contributed by atoms with Crippen LogP contribution < -0.4 is 0 Å². The predicted molar refractivity (Wildman–Crippen MR) is 44.0 cm³/mol. The van der Waals surface area contributed by atoms with Crippen molar-refractivity contribution in [1.82, 2.24) is 0 Å². The van der Waals surface area contributed by atoms with E-state index in [1.807, 2.05) is 0 Å². The van der Waals surface area contributed by atoms with Crippen LogP contribution in [0.15, 0.2) is 0 Å². The molecule has 0 radical (unpaired) electrons. The lowest BCUT2D eigenvalue weighted by atomic mass is 9.83. The second kappa shape index (κ2) is 3.15. The molecule has 9 heavy (non-hydrogen) atoms. The van der Waals surface area contributed by atoms with E-state index in [0.29, 0.717) is 11.7 Å². The third kappa shape index (κ3) is 1.77. The highest BCUT2D eigenvalue weighted by molar-refractivity contribution is 9.25. The third-order valence-electron chi connectivity index (χ3n) is 1.72. The van der Waals surface area contributed by atoms with E-state index in [2.05, 4.69) is 31.9 Å². The summed E-state index contributed by atoms with van der Waals surface area (Å²) in [6.07, 6.45) is 3.40. The first-order valence-electron chi connectivity index (χ1n) is 3.03. The Kier molecular flexibility index (Phi) is 2.71. The molecular weight excluding hydrogens is 248 g/mol. The summed E-state index contributed by atoms with van der Waals surface area (Å²) >= 11 is 6.36. The molecule has 0 saturated heterocycles. The molecule has 1 aliphatic rings. The van der Waals surface area contributed by atoms with Gasteiger partial charge in [-0.15, -0.1) is 0 Å². The Morgan fingerprint density at radius 1 is 1.44 bits per heavy atom. The van der Waals surface area contributed by atoms with E-state index in [0.717, 1.165) is 12.8 Å². The number of rotatable bonds is 2. The molecule has 0 aromatic carbocycles. The fraction of sp³-hybridized carbons (Fsp3) is 0.833. The van der Waals surface area contributed by atoms with Crippen molar-refractivity contribution in [2.75, 3.05) is 0 Å². The lowest BCUT2D eigenvalue weighted by molar-refractivity contribution is -0.122. The summed E-state index contributed by atoms with van der Waals surface area (Å²) in [7, 11) is 0. The fourth-order valence-electron chi connectivity index (χ4n) is 0.871. The third-order valence-corrected chi connectivity index (χ3v) is 2.63.